The van der Waals surface area contributed by atoms with E-state index in [1.807, 2.05) is 6.92 Å². The summed E-state index contributed by atoms with van der Waals surface area (Å²) in [6, 6.07) is 0. The highest BCUT2D eigenvalue weighted by Crippen LogP contribution is 2.53. The lowest BCUT2D eigenvalue weighted by Crippen LogP contribution is -2.68. The van der Waals surface area contributed by atoms with Gasteiger partial charge >= 0.3 is 0 Å². The number of carbonyl (C=O) groups excluding carboxylic acids is 2. The summed E-state index contributed by atoms with van der Waals surface area (Å²) in [5.74, 6) is 2.35. The van der Waals surface area contributed by atoms with Crippen LogP contribution in [0.15, 0.2) is 11.1 Å². The maximum atomic E-state index is 13.2. The Kier molecular flexibility index (Phi) is 10.0. The molecule has 5 atom stereocenters. The minimum absolute atomic E-state index is 0.0104. The van der Waals surface area contributed by atoms with Crippen LogP contribution in [0, 0.1) is 17.8 Å². The number of Topliss-reactive ketones (excluding diaryl/α,β-unsaturated/α-hetero) is 2. The van der Waals surface area contributed by atoms with Crippen LogP contribution in [0.25, 0.3) is 0 Å². The van der Waals surface area contributed by atoms with Crippen LogP contribution in [-0.4, -0.2) is 27.1 Å². The Bertz CT molecular complexity index is 741. The van der Waals surface area contributed by atoms with Crippen molar-refractivity contribution >= 4 is 27.5 Å². The van der Waals surface area contributed by atoms with Gasteiger partial charge in [-0.3, -0.25) is 9.59 Å². The molecule has 0 radical (unpaired) electrons. The summed E-state index contributed by atoms with van der Waals surface area (Å²) in [5.41, 5.74) is -0.366. The normalized spacial score (nSPS) is 32.3. The van der Waals surface area contributed by atoms with Crippen molar-refractivity contribution in [3.8, 4) is 0 Å². The fraction of sp³-hybridized carbons (Fsp3) is 0.862. The van der Waals surface area contributed by atoms with Gasteiger partial charge in [0.15, 0.2) is 17.2 Å². The second kappa shape index (κ2) is 11.5. The highest BCUT2D eigenvalue weighted by molar-refractivity contribution is 9.10. The van der Waals surface area contributed by atoms with Gasteiger partial charge in [0.2, 0.25) is 0 Å². The van der Waals surface area contributed by atoms with Gasteiger partial charge in [-0.05, 0) is 64.7 Å². The molecule has 0 aromatic carbocycles. The number of alkyl halides is 1. The van der Waals surface area contributed by atoms with E-state index in [0.29, 0.717) is 17.6 Å². The van der Waals surface area contributed by atoms with Crippen LogP contribution in [0.3, 0.4) is 0 Å². The van der Waals surface area contributed by atoms with E-state index in [2.05, 4.69) is 50.5 Å². The lowest BCUT2D eigenvalue weighted by Gasteiger charge is -2.54. The van der Waals surface area contributed by atoms with Gasteiger partial charge in [0.25, 0.3) is 0 Å². The second-order valence-electron chi connectivity index (χ2n) is 12.2. The minimum Gasteiger partial charge on any atom is -0.359 e. The van der Waals surface area contributed by atoms with Gasteiger partial charge < -0.3 is 4.74 Å². The lowest BCUT2D eigenvalue weighted by molar-refractivity contribution is -0.197. The van der Waals surface area contributed by atoms with E-state index in [1.54, 1.807) is 13.8 Å². The van der Waals surface area contributed by atoms with Crippen LogP contribution in [0.5, 0.6) is 0 Å². The third-order valence-corrected chi connectivity index (χ3v) is 10.0. The summed E-state index contributed by atoms with van der Waals surface area (Å²) in [7, 11) is 0. The summed E-state index contributed by atoms with van der Waals surface area (Å²) in [5, 5.41) is 0. The summed E-state index contributed by atoms with van der Waals surface area (Å²) in [6.45, 7) is 16.9. The molecule has 0 aromatic rings. The molecular formula is C29H49BrO3. The summed E-state index contributed by atoms with van der Waals surface area (Å²) in [4.78, 5) is 26.3. The third-order valence-electron chi connectivity index (χ3n) is 8.52. The molecule has 1 aliphatic heterocycles. The van der Waals surface area contributed by atoms with Crippen LogP contribution in [-0.2, 0) is 14.3 Å². The van der Waals surface area contributed by atoms with E-state index in [0.717, 1.165) is 37.0 Å². The van der Waals surface area contributed by atoms with Crippen LogP contribution in [0.2, 0.25) is 0 Å². The Morgan fingerprint density at radius 2 is 1.27 bits per heavy atom. The fourth-order valence-electron chi connectivity index (χ4n) is 5.83. The lowest BCUT2D eigenvalue weighted by atomic mass is 9.66. The molecule has 2 rings (SSSR count). The van der Waals surface area contributed by atoms with Gasteiger partial charge in [-0.15, -0.1) is 0 Å². The summed E-state index contributed by atoms with van der Waals surface area (Å²) in [6.07, 6.45) is 12.7. The van der Waals surface area contributed by atoms with Crippen molar-refractivity contribution in [2.24, 2.45) is 17.8 Å². The van der Waals surface area contributed by atoms with Crippen molar-refractivity contribution in [2.75, 3.05) is 0 Å². The van der Waals surface area contributed by atoms with Crippen molar-refractivity contribution in [3.63, 3.8) is 0 Å². The first-order chi connectivity index (χ1) is 15.3. The molecule has 3 unspecified atom stereocenters. The van der Waals surface area contributed by atoms with Gasteiger partial charge in [-0.2, -0.15) is 0 Å². The smallest absolute Gasteiger partial charge is 0.192 e. The molecule has 0 aromatic heterocycles. The Labute approximate surface area is 212 Å². The van der Waals surface area contributed by atoms with Crippen LogP contribution >= 0.6 is 15.9 Å². The third kappa shape index (κ3) is 6.60. The Balaban J connectivity index is 1.81. The number of rotatable bonds is 12. The molecule has 1 saturated heterocycles. The molecule has 1 aliphatic carbocycles. The molecule has 4 heteroatoms. The zero-order chi connectivity index (χ0) is 25.0. The minimum atomic E-state index is -1.13. The van der Waals surface area contributed by atoms with E-state index in [4.69, 9.17) is 4.74 Å². The predicted octanol–water partition coefficient (Wildman–Crippen LogP) is 8.38. The van der Waals surface area contributed by atoms with Crippen LogP contribution in [0.4, 0.5) is 0 Å². The molecule has 0 amide bonds. The molecular weight excluding hydrogens is 476 g/mol. The van der Waals surface area contributed by atoms with Gasteiger partial charge in [0, 0.05) is 11.1 Å². The number of ether oxygens (including phenoxy) is 1. The van der Waals surface area contributed by atoms with E-state index in [-0.39, 0.29) is 17.2 Å². The maximum absolute atomic E-state index is 13.2. The molecule has 1 heterocycles. The molecule has 3 nitrogen and oxygen atoms in total. The van der Waals surface area contributed by atoms with E-state index < -0.39 is 9.93 Å². The van der Waals surface area contributed by atoms with Gasteiger partial charge in [0.05, 0.1) is 5.60 Å². The maximum Gasteiger partial charge on any atom is 0.192 e. The number of hydrogen-bond acceptors (Lipinski definition) is 3. The molecule has 1 fully saturated rings. The molecule has 0 spiro atoms. The van der Waals surface area contributed by atoms with Gasteiger partial charge in [-0.25, -0.2) is 0 Å². The average molecular weight is 526 g/mol. The van der Waals surface area contributed by atoms with Crippen molar-refractivity contribution < 1.29 is 14.3 Å². The first-order valence-corrected chi connectivity index (χ1v) is 14.2. The topological polar surface area (TPSA) is 43.4 Å². The monoisotopic (exact) mass is 524 g/mol. The number of ketones is 2. The Morgan fingerprint density at radius 3 is 1.82 bits per heavy atom. The Hall–Kier alpha value is -0.480. The van der Waals surface area contributed by atoms with Crippen molar-refractivity contribution in [3.05, 3.63) is 11.1 Å². The number of carbonyl (C=O) groups is 2. The first kappa shape index (κ1) is 28.8. The average Bonchev–Trinajstić information content (AvgIpc) is 2.73. The van der Waals surface area contributed by atoms with Crippen molar-refractivity contribution in [2.45, 2.75) is 142 Å². The molecule has 2 aliphatic rings. The Morgan fingerprint density at radius 1 is 0.788 bits per heavy atom. The van der Waals surface area contributed by atoms with Crippen molar-refractivity contribution in [1.29, 1.82) is 0 Å². The number of halogens is 1. The van der Waals surface area contributed by atoms with Gasteiger partial charge in [0.1, 0.15) is 4.32 Å². The van der Waals surface area contributed by atoms with E-state index in [1.165, 1.54) is 44.9 Å². The zero-order valence-electron chi connectivity index (χ0n) is 22.6. The predicted molar refractivity (Wildman–Crippen MR) is 142 cm³/mol. The highest BCUT2D eigenvalue weighted by Gasteiger charge is 2.65. The number of hydrogen-bond donors (Lipinski definition) is 0. The SMILES string of the molecule is CC1=C(C)C(=O)C2(C)OC(C)(CCC[C@H](C)CCC[C@H](C)CCCC(C)C)CCC2(Br)C1=O. The zero-order valence-corrected chi connectivity index (χ0v) is 24.2. The quantitative estimate of drug-likeness (QED) is 0.240. The molecule has 0 bridgehead atoms. The molecule has 0 N–H and O–H groups in total. The molecule has 190 valence electrons. The largest absolute Gasteiger partial charge is 0.359 e. The molecule has 33 heavy (non-hydrogen) atoms. The van der Waals surface area contributed by atoms with E-state index in [9.17, 15) is 9.59 Å². The van der Waals surface area contributed by atoms with Crippen LogP contribution in [0.1, 0.15) is 126 Å². The highest BCUT2D eigenvalue weighted by atomic mass is 79.9. The summed E-state index contributed by atoms with van der Waals surface area (Å²) >= 11 is 3.68. The fourth-order valence-corrected chi connectivity index (χ4v) is 6.59. The number of fused-ring (bicyclic) bond motifs is 1. The summed E-state index contributed by atoms with van der Waals surface area (Å²) < 4.78 is 5.64. The molecule has 0 saturated carbocycles. The first-order valence-electron chi connectivity index (χ1n) is 13.4. The standard InChI is InChI=1S/C29H49BrO3/c1-20(2)12-9-13-21(3)14-10-15-22(4)16-11-17-27(7)18-19-29(30)26(32)24(6)23(5)25(31)28(29,8)33-27/h20-22H,9-19H2,1-8H3/t21-,22-,27?,28?,29?/m1/s1. The van der Waals surface area contributed by atoms with Crippen molar-refractivity contribution in [1.82, 2.24) is 0 Å². The van der Waals surface area contributed by atoms with E-state index >= 15 is 0 Å². The number of allylic oxidation sites excluding steroid dienone is 1. The van der Waals surface area contributed by atoms with Gasteiger partial charge in [-0.1, -0.05) is 95.0 Å². The van der Waals surface area contributed by atoms with Crippen LogP contribution < -0.4 is 0 Å². The second-order valence-corrected chi connectivity index (χ2v) is 13.5.